The summed E-state index contributed by atoms with van der Waals surface area (Å²) in [4.78, 5) is 12.1. The lowest BCUT2D eigenvalue weighted by molar-refractivity contribution is -0.120. The van der Waals surface area contributed by atoms with Crippen LogP contribution in [0.15, 0.2) is 36.4 Å². The van der Waals surface area contributed by atoms with Crippen molar-refractivity contribution in [3.8, 4) is 23.0 Å². The normalized spacial score (nSPS) is 13.1. The number of aliphatic hydroxyl groups excluding tert-OH is 1. The quantitative estimate of drug-likeness (QED) is 0.738. The highest BCUT2D eigenvalue weighted by molar-refractivity contribution is 5.78. The van der Waals surface area contributed by atoms with E-state index in [0.717, 1.165) is 11.1 Å². The maximum absolute atomic E-state index is 12.1. The van der Waals surface area contributed by atoms with Gasteiger partial charge in [0.1, 0.15) is 0 Å². The summed E-state index contributed by atoms with van der Waals surface area (Å²) in [6.45, 7) is 0.558. The van der Waals surface area contributed by atoms with Crippen LogP contribution in [0.5, 0.6) is 23.0 Å². The summed E-state index contributed by atoms with van der Waals surface area (Å²) in [7, 11) is 3.12. The minimum absolute atomic E-state index is 0.125. The summed E-state index contributed by atoms with van der Waals surface area (Å²) in [6.07, 6.45) is -0.0708. The zero-order valence-electron chi connectivity index (χ0n) is 15.4. The second kappa shape index (κ2) is 8.64. The van der Waals surface area contributed by atoms with Gasteiger partial charge in [-0.05, 0) is 41.8 Å². The minimum Gasteiger partial charge on any atom is -0.493 e. The lowest BCUT2D eigenvalue weighted by Gasteiger charge is -2.13. The molecule has 3 rings (SSSR count). The molecule has 0 radical (unpaired) electrons. The Labute approximate surface area is 157 Å². The molecule has 7 heteroatoms. The van der Waals surface area contributed by atoms with E-state index in [4.69, 9.17) is 18.9 Å². The fourth-order valence-corrected chi connectivity index (χ4v) is 2.87. The monoisotopic (exact) mass is 373 g/mol. The Morgan fingerprint density at radius 3 is 2.67 bits per heavy atom. The molecule has 0 bridgehead atoms. The van der Waals surface area contributed by atoms with Gasteiger partial charge in [-0.3, -0.25) is 4.79 Å². The number of nitrogens with one attached hydrogen (secondary N) is 1. The van der Waals surface area contributed by atoms with Crippen LogP contribution < -0.4 is 24.3 Å². The number of hydrogen-bond acceptors (Lipinski definition) is 6. The van der Waals surface area contributed by atoms with Crippen LogP contribution in [-0.4, -0.2) is 38.6 Å². The van der Waals surface area contributed by atoms with E-state index in [2.05, 4.69) is 5.32 Å². The summed E-state index contributed by atoms with van der Waals surface area (Å²) in [5.41, 5.74) is 1.55. The molecule has 0 spiro atoms. The molecule has 0 saturated carbocycles. The SMILES string of the molecule is COc1ccc(CC(=O)NCCC(O)c2ccc3c(c2)OCO3)cc1OC. The van der Waals surface area contributed by atoms with Crippen molar-refractivity contribution >= 4 is 5.91 Å². The van der Waals surface area contributed by atoms with E-state index in [-0.39, 0.29) is 19.1 Å². The summed E-state index contributed by atoms with van der Waals surface area (Å²) in [6, 6.07) is 10.7. The molecule has 2 N–H and O–H groups in total. The number of hydrogen-bond donors (Lipinski definition) is 2. The highest BCUT2D eigenvalue weighted by atomic mass is 16.7. The first-order valence-corrected chi connectivity index (χ1v) is 8.66. The number of benzene rings is 2. The molecule has 1 aliphatic rings. The Bertz CT molecular complexity index is 807. The number of fused-ring (bicyclic) bond motifs is 1. The molecule has 1 atom stereocenters. The van der Waals surface area contributed by atoms with Crippen molar-refractivity contribution in [2.75, 3.05) is 27.6 Å². The van der Waals surface area contributed by atoms with Crippen molar-refractivity contribution < 1.29 is 28.8 Å². The first-order valence-electron chi connectivity index (χ1n) is 8.66. The van der Waals surface area contributed by atoms with Gasteiger partial charge in [0.15, 0.2) is 23.0 Å². The van der Waals surface area contributed by atoms with Gasteiger partial charge in [0.2, 0.25) is 12.7 Å². The summed E-state index contributed by atoms with van der Waals surface area (Å²) in [5, 5.41) is 13.1. The van der Waals surface area contributed by atoms with Gasteiger partial charge in [0.05, 0.1) is 26.7 Å². The number of aliphatic hydroxyl groups is 1. The van der Waals surface area contributed by atoms with Gasteiger partial charge in [-0.1, -0.05) is 12.1 Å². The molecule has 2 aromatic carbocycles. The second-order valence-corrected chi connectivity index (χ2v) is 6.13. The molecule has 2 aromatic rings. The van der Waals surface area contributed by atoms with E-state index in [9.17, 15) is 9.90 Å². The molecule has 144 valence electrons. The molecule has 7 nitrogen and oxygen atoms in total. The van der Waals surface area contributed by atoms with Gasteiger partial charge in [0, 0.05) is 6.54 Å². The van der Waals surface area contributed by atoms with Gasteiger partial charge in [0.25, 0.3) is 0 Å². The van der Waals surface area contributed by atoms with Crippen LogP contribution in [0.25, 0.3) is 0 Å². The Hall–Kier alpha value is -2.93. The predicted octanol–water partition coefficient (Wildman–Crippen LogP) is 2.21. The van der Waals surface area contributed by atoms with Crippen molar-refractivity contribution in [2.24, 2.45) is 0 Å². The zero-order chi connectivity index (χ0) is 19.2. The van der Waals surface area contributed by atoms with Crippen molar-refractivity contribution in [2.45, 2.75) is 18.9 Å². The summed E-state index contributed by atoms with van der Waals surface area (Å²) >= 11 is 0. The van der Waals surface area contributed by atoms with E-state index in [1.165, 1.54) is 0 Å². The van der Waals surface area contributed by atoms with Crippen LogP contribution in [0.4, 0.5) is 0 Å². The molecule has 27 heavy (non-hydrogen) atoms. The number of carbonyl (C=O) groups excluding carboxylic acids is 1. The van der Waals surface area contributed by atoms with Crippen LogP contribution in [0, 0.1) is 0 Å². The van der Waals surface area contributed by atoms with Gasteiger partial charge in [-0.15, -0.1) is 0 Å². The third kappa shape index (κ3) is 4.62. The smallest absolute Gasteiger partial charge is 0.231 e. The Morgan fingerprint density at radius 2 is 1.89 bits per heavy atom. The van der Waals surface area contributed by atoms with E-state index in [1.807, 2.05) is 6.07 Å². The molecule has 0 saturated heterocycles. The fraction of sp³-hybridized carbons (Fsp3) is 0.350. The molecular weight excluding hydrogens is 350 g/mol. The minimum atomic E-state index is -0.694. The van der Waals surface area contributed by atoms with E-state index in [0.29, 0.717) is 36.0 Å². The number of amides is 1. The van der Waals surface area contributed by atoms with Crippen LogP contribution in [-0.2, 0) is 11.2 Å². The Balaban J connectivity index is 1.48. The Kier molecular flexibility index (Phi) is 6.03. The van der Waals surface area contributed by atoms with Crippen LogP contribution in [0.3, 0.4) is 0 Å². The van der Waals surface area contributed by atoms with Gasteiger partial charge in [-0.25, -0.2) is 0 Å². The molecule has 1 heterocycles. The third-order valence-electron chi connectivity index (χ3n) is 4.33. The highest BCUT2D eigenvalue weighted by Crippen LogP contribution is 2.34. The Morgan fingerprint density at radius 1 is 1.11 bits per heavy atom. The lowest BCUT2D eigenvalue weighted by atomic mass is 10.1. The number of carbonyl (C=O) groups is 1. The summed E-state index contributed by atoms with van der Waals surface area (Å²) < 4.78 is 21.0. The number of ether oxygens (including phenoxy) is 4. The van der Waals surface area contributed by atoms with Crippen LogP contribution >= 0.6 is 0 Å². The van der Waals surface area contributed by atoms with Gasteiger partial charge >= 0.3 is 0 Å². The number of rotatable bonds is 8. The first-order chi connectivity index (χ1) is 13.1. The standard InChI is InChI=1S/C20H23NO6/c1-24-16-5-3-13(9-18(16)25-2)10-20(23)21-8-7-15(22)14-4-6-17-19(11-14)27-12-26-17/h3-6,9,11,15,22H,7-8,10,12H2,1-2H3,(H,21,23). The van der Waals surface area contributed by atoms with Crippen LogP contribution in [0.1, 0.15) is 23.7 Å². The largest absolute Gasteiger partial charge is 0.493 e. The van der Waals surface area contributed by atoms with Gasteiger partial charge in [-0.2, -0.15) is 0 Å². The highest BCUT2D eigenvalue weighted by Gasteiger charge is 2.17. The topological polar surface area (TPSA) is 86.3 Å². The first kappa shape index (κ1) is 18.8. The second-order valence-electron chi connectivity index (χ2n) is 6.13. The molecule has 1 unspecified atom stereocenters. The molecule has 0 aliphatic carbocycles. The maximum atomic E-state index is 12.1. The van der Waals surface area contributed by atoms with Crippen LogP contribution in [0.2, 0.25) is 0 Å². The van der Waals surface area contributed by atoms with Crippen molar-refractivity contribution in [3.05, 3.63) is 47.5 Å². The maximum Gasteiger partial charge on any atom is 0.231 e. The third-order valence-corrected chi connectivity index (χ3v) is 4.33. The van der Waals surface area contributed by atoms with Crippen molar-refractivity contribution in [3.63, 3.8) is 0 Å². The average Bonchev–Trinajstić information content (AvgIpc) is 3.15. The zero-order valence-corrected chi connectivity index (χ0v) is 15.4. The van der Waals surface area contributed by atoms with Gasteiger partial charge < -0.3 is 29.4 Å². The van der Waals surface area contributed by atoms with E-state index >= 15 is 0 Å². The fourth-order valence-electron chi connectivity index (χ4n) is 2.87. The van der Waals surface area contributed by atoms with E-state index in [1.54, 1.807) is 44.6 Å². The molecule has 1 amide bonds. The van der Waals surface area contributed by atoms with Crippen molar-refractivity contribution in [1.82, 2.24) is 5.32 Å². The predicted molar refractivity (Wildman–Crippen MR) is 98.4 cm³/mol. The lowest BCUT2D eigenvalue weighted by Crippen LogP contribution is -2.27. The summed E-state index contributed by atoms with van der Waals surface area (Å²) in [5.74, 6) is 2.38. The van der Waals surface area contributed by atoms with E-state index < -0.39 is 6.10 Å². The molecular formula is C20H23NO6. The number of methoxy groups -OCH3 is 2. The van der Waals surface area contributed by atoms with Crippen molar-refractivity contribution in [1.29, 1.82) is 0 Å². The average molecular weight is 373 g/mol. The molecule has 1 aliphatic heterocycles. The molecule has 0 aromatic heterocycles. The molecule has 0 fully saturated rings.